The van der Waals surface area contributed by atoms with Gasteiger partial charge in [-0.1, -0.05) is 39.0 Å². The van der Waals surface area contributed by atoms with Crippen LogP contribution in [0.25, 0.3) is 0 Å². The van der Waals surface area contributed by atoms with Crippen LogP contribution in [-0.2, 0) is 6.18 Å². The Morgan fingerprint density at radius 3 is 2.22 bits per heavy atom. The summed E-state index contributed by atoms with van der Waals surface area (Å²) in [5, 5.41) is 0. The normalized spacial score (nSPS) is 14.6. The number of hydrogen-bond acceptors (Lipinski definition) is 2. The molecule has 0 radical (unpaired) electrons. The Balaban J connectivity index is 2.89. The van der Waals surface area contributed by atoms with E-state index in [0.717, 1.165) is 6.07 Å². The lowest BCUT2D eigenvalue weighted by Gasteiger charge is -2.22. The van der Waals surface area contributed by atoms with E-state index in [4.69, 9.17) is 5.73 Å². The maximum Gasteiger partial charge on any atom is 0.416 e. The molecule has 1 nitrogen and oxygen atoms in total. The maximum atomic E-state index is 12.8. The summed E-state index contributed by atoms with van der Waals surface area (Å²) >= 11 is 1.56. The Morgan fingerprint density at radius 2 is 1.72 bits per heavy atom. The van der Waals surface area contributed by atoms with Crippen molar-refractivity contribution >= 4 is 11.8 Å². The molecule has 1 atom stereocenters. The highest BCUT2D eigenvalue weighted by molar-refractivity contribution is 8.00. The molecule has 0 aliphatic rings. The number of halogens is 3. The molecule has 102 valence electrons. The highest BCUT2D eigenvalue weighted by atomic mass is 32.2. The molecule has 0 aromatic heterocycles. The molecule has 0 bridgehead atoms. The van der Waals surface area contributed by atoms with Crippen LogP contribution in [0.1, 0.15) is 37.9 Å². The van der Waals surface area contributed by atoms with E-state index in [2.05, 4.69) is 0 Å². The van der Waals surface area contributed by atoms with Crippen molar-refractivity contribution in [3.8, 4) is 0 Å². The van der Waals surface area contributed by atoms with Crippen molar-refractivity contribution in [2.24, 2.45) is 5.73 Å². The van der Waals surface area contributed by atoms with Crippen LogP contribution in [0.4, 0.5) is 13.2 Å². The fourth-order valence-corrected chi connectivity index (χ4v) is 2.37. The van der Waals surface area contributed by atoms with E-state index in [-0.39, 0.29) is 10.3 Å². The van der Waals surface area contributed by atoms with Crippen LogP contribution in [-0.4, -0.2) is 10.5 Å². The molecule has 1 aromatic carbocycles. The topological polar surface area (TPSA) is 26.0 Å². The molecule has 0 aliphatic heterocycles. The largest absolute Gasteiger partial charge is 0.416 e. The van der Waals surface area contributed by atoms with Gasteiger partial charge < -0.3 is 5.73 Å². The average Bonchev–Trinajstić information content (AvgIpc) is 2.24. The minimum absolute atomic E-state index is 0.00913. The molecular weight excluding hydrogens is 259 g/mol. The van der Waals surface area contributed by atoms with Crippen molar-refractivity contribution in [3.63, 3.8) is 0 Å². The molecule has 0 heterocycles. The van der Waals surface area contributed by atoms with Crippen molar-refractivity contribution in [1.82, 2.24) is 0 Å². The van der Waals surface area contributed by atoms with E-state index in [1.165, 1.54) is 12.1 Å². The van der Waals surface area contributed by atoms with E-state index in [9.17, 15) is 13.2 Å². The third-order valence-electron chi connectivity index (χ3n) is 2.36. The molecule has 5 heteroatoms. The van der Waals surface area contributed by atoms with Crippen molar-refractivity contribution in [2.45, 2.75) is 37.7 Å². The zero-order valence-electron chi connectivity index (χ0n) is 10.7. The zero-order chi connectivity index (χ0) is 14.0. The predicted molar refractivity (Wildman–Crippen MR) is 70.6 cm³/mol. The first-order valence-electron chi connectivity index (χ1n) is 5.67. The van der Waals surface area contributed by atoms with Crippen LogP contribution in [0.5, 0.6) is 0 Å². The van der Waals surface area contributed by atoms with E-state index in [1.807, 2.05) is 20.8 Å². The zero-order valence-corrected chi connectivity index (χ0v) is 11.5. The summed E-state index contributed by atoms with van der Waals surface area (Å²) in [5.41, 5.74) is 5.41. The lowest BCUT2D eigenvalue weighted by Crippen LogP contribution is -2.21. The quantitative estimate of drug-likeness (QED) is 0.894. The molecule has 0 saturated carbocycles. The first kappa shape index (κ1) is 15.4. The molecule has 0 saturated heterocycles. The van der Waals surface area contributed by atoms with Gasteiger partial charge in [0.15, 0.2) is 0 Å². The second-order valence-electron chi connectivity index (χ2n) is 5.11. The molecule has 2 N–H and O–H groups in total. The van der Waals surface area contributed by atoms with Gasteiger partial charge in [0.25, 0.3) is 0 Å². The van der Waals surface area contributed by atoms with Gasteiger partial charge in [-0.05, 0) is 11.6 Å². The molecule has 1 aromatic rings. The Bertz CT molecular complexity index is 396. The van der Waals surface area contributed by atoms with Crippen LogP contribution in [0.3, 0.4) is 0 Å². The van der Waals surface area contributed by atoms with Crippen molar-refractivity contribution in [2.75, 3.05) is 5.75 Å². The Morgan fingerprint density at radius 1 is 1.17 bits per heavy atom. The van der Waals surface area contributed by atoms with Gasteiger partial charge in [0.2, 0.25) is 0 Å². The Kier molecular flexibility index (Phi) is 4.72. The Labute approximate surface area is 110 Å². The van der Waals surface area contributed by atoms with Crippen molar-refractivity contribution in [3.05, 3.63) is 35.4 Å². The fourth-order valence-electron chi connectivity index (χ4n) is 1.51. The third kappa shape index (κ3) is 4.53. The number of hydrogen-bond donors (Lipinski definition) is 1. The van der Waals surface area contributed by atoms with E-state index >= 15 is 0 Å². The lowest BCUT2D eigenvalue weighted by molar-refractivity contribution is -0.138. The molecule has 0 spiro atoms. The summed E-state index contributed by atoms with van der Waals surface area (Å²) < 4.78 is 38.5. The van der Waals surface area contributed by atoms with Crippen LogP contribution in [0.15, 0.2) is 24.3 Å². The molecule has 0 aliphatic carbocycles. The van der Waals surface area contributed by atoms with Gasteiger partial charge in [0, 0.05) is 16.5 Å². The first-order chi connectivity index (χ1) is 8.11. The van der Waals surface area contributed by atoms with Crippen LogP contribution >= 0.6 is 11.8 Å². The van der Waals surface area contributed by atoms with Crippen molar-refractivity contribution < 1.29 is 13.2 Å². The van der Waals surface area contributed by atoms with E-state index < -0.39 is 17.8 Å². The van der Waals surface area contributed by atoms with E-state index in [0.29, 0.717) is 5.75 Å². The molecule has 1 unspecified atom stereocenters. The van der Waals surface area contributed by atoms with Gasteiger partial charge in [0.1, 0.15) is 0 Å². The number of rotatable bonds is 3. The van der Waals surface area contributed by atoms with Gasteiger partial charge in [-0.2, -0.15) is 24.9 Å². The second kappa shape index (κ2) is 5.53. The summed E-state index contributed by atoms with van der Waals surface area (Å²) in [5.74, 6) is 0.469. The standard InChI is InChI=1S/C13H18F3NS/c1-12(2,3)18-8-11(17)9-6-4-5-7-10(9)13(14,15)16/h4-7,11H,8,17H2,1-3H3. The van der Waals surface area contributed by atoms with Gasteiger partial charge in [-0.15, -0.1) is 0 Å². The number of alkyl halides is 3. The lowest BCUT2D eigenvalue weighted by atomic mass is 10.0. The molecule has 18 heavy (non-hydrogen) atoms. The van der Waals surface area contributed by atoms with Crippen LogP contribution in [0.2, 0.25) is 0 Å². The second-order valence-corrected chi connectivity index (χ2v) is 6.96. The summed E-state index contributed by atoms with van der Waals surface area (Å²) in [6.45, 7) is 6.04. The van der Waals surface area contributed by atoms with E-state index in [1.54, 1.807) is 17.8 Å². The van der Waals surface area contributed by atoms with Gasteiger partial charge >= 0.3 is 6.18 Å². The Hall–Kier alpha value is -0.680. The highest BCUT2D eigenvalue weighted by Crippen LogP contribution is 2.35. The molecular formula is C13H18F3NS. The molecule has 0 fully saturated rings. The van der Waals surface area contributed by atoms with Gasteiger partial charge in [0.05, 0.1) is 5.56 Å². The average molecular weight is 277 g/mol. The minimum Gasteiger partial charge on any atom is -0.323 e. The third-order valence-corrected chi connectivity index (χ3v) is 3.75. The van der Waals surface area contributed by atoms with Gasteiger partial charge in [-0.25, -0.2) is 0 Å². The van der Waals surface area contributed by atoms with Gasteiger partial charge in [-0.3, -0.25) is 0 Å². The summed E-state index contributed by atoms with van der Waals surface area (Å²) in [4.78, 5) is 0. The number of thioether (sulfide) groups is 1. The van der Waals surface area contributed by atoms with Crippen LogP contribution in [0, 0.1) is 0 Å². The molecule has 1 rings (SSSR count). The predicted octanol–water partition coefficient (Wildman–Crippen LogP) is 4.24. The van der Waals surface area contributed by atoms with Crippen LogP contribution < -0.4 is 5.73 Å². The summed E-state index contributed by atoms with van der Waals surface area (Å²) in [6.07, 6.45) is -4.35. The fraction of sp³-hybridized carbons (Fsp3) is 0.538. The first-order valence-corrected chi connectivity index (χ1v) is 6.65. The monoisotopic (exact) mass is 277 g/mol. The maximum absolute atomic E-state index is 12.8. The SMILES string of the molecule is CC(C)(C)SCC(N)c1ccccc1C(F)(F)F. The number of nitrogens with two attached hydrogens (primary N) is 1. The smallest absolute Gasteiger partial charge is 0.323 e. The highest BCUT2D eigenvalue weighted by Gasteiger charge is 2.34. The molecule has 0 amide bonds. The number of benzene rings is 1. The van der Waals surface area contributed by atoms with Crippen molar-refractivity contribution in [1.29, 1.82) is 0 Å². The minimum atomic E-state index is -4.35. The summed E-state index contributed by atoms with van der Waals surface area (Å²) in [7, 11) is 0. The summed E-state index contributed by atoms with van der Waals surface area (Å²) in [6, 6.07) is 4.91.